The summed E-state index contributed by atoms with van der Waals surface area (Å²) in [6.45, 7) is 0. The van der Waals surface area contributed by atoms with Crippen LogP contribution in [0, 0.1) is 22.7 Å². The molecule has 0 saturated carbocycles. The topological polar surface area (TPSA) is 165 Å². The van der Waals surface area contributed by atoms with Crippen molar-refractivity contribution in [3.8, 4) is 92.0 Å². The van der Waals surface area contributed by atoms with Crippen LogP contribution in [0.15, 0.2) is 121 Å². The highest BCUT2D eigenvalue weighted by Gasteiger charge is 2.18. The first-order chi connectivity index (χ1) is 23.5. The second kappa shape index (κ2) is 12.6. The molecule has 0 spiro atoms. The number of hydrogen-bond donors (Lipinski definition) is 2. The molecule has 7 aromatic rings. The van der Waals surface area contributed by atoms with Crippen molar-refractivity contribution in [3.05, 3.63) is 132 Å². The monoisotopic (exact) mass is 622 g/mol. The van der Waals surface area contributed by atoms with Crippen molar-refractivity contribution in [2.45, 2.75) is 0 Å². The molecule has 0 bridgehead atoms. The summed E-state index contributed by atoms with van der Waals surface area (Å²) in [6, 6.07) is 39.1. The van der Waals surface area contributed by atoms with Crippen molar-refractivity contribution >= 4 is 0 Å². The minimum Gasteiger partial charge on any atom is -0.507 e. The molecule has 0 atom stereocenters. The Morgan fingerprint density at radius 2 is 0.708 bits per heavy atom. The summed E-state index contributed by atoms with van der Waals surface area (Å²) in [5.74, 6) is 1.80. The molecule has 0 unspecified atom stereocenters. The lowest BCUT2D eigenvalue weighted by molar-refractivity contribution is 0.476. The van der Waals surface area contributed by atoms with E-state index in [0.717, 1.165) is 0 Å². The zero-order chi connectivity index (χ0) is 33.0. The van der Waals surface area contributed by atoms with E-state index in [1.807, 2.05) is 24.3 Å². The molecule has 48 heavy (non-hydrogen) atoms. The number of nitriles is 2. The van der Waals surface area contributed by atoms with E-state index in [0.29, 0.717) is 67.8 Å². The number of phenols is 2. The number of para-hydroxylation sites is 2. The third kappa shape index (κ3) is 5.88. The minimum absolute atomic E-state index is 0.00926. The van der Waals surface area contributed by atoms with E-state index in [1.165, 1.54) is 0 Å². The van der Waals surface area contributed by atoms with Crippen LogP contribution in [0.5, 0.6) is 11.5 Å². The van der Waals surface area contributed by atoms with Crippen LogP contribution in [0.2, 0.25) is 0 Å². The Kier molecular flexibility index (Phi) is 7.72. The van der Waals surface area contributed by atoms with Gasteiger partial charge in [-0.3, -0.25) is 0 Å². The van der Waals surface area contributed by atoms with Crippen LogP contribution < -0.4 is 0 Å². The Hall–Kier alpha value is -7.30. The Morgan fingerprint density at radius 3 is 1.08 bits per heavy atom. The molecule has 7 rings (SSSR count). The van der Waals surface area contributed by atoms with E-state index in [1.54, 1.807) is 97.1 Å². The van der Waals surface area contributed by atoms with Gasteiger partial charge in [0, 0.05) is 22.3 Å². The van der Waals surface area contributed by atoms with Crippen LogP contribution in [0.3, 0.4) is 0 Å². The Balaban J connectivity index is 1.40. The first-order valence-electron chi connectivity index (χ1n) is 14.7. The summed E-state index contributed by atoms with van der Waals surface area (Å²) in [6.07, 6.45) is 0. The van der Waals surface area contributed by atoms with Gasteiger partial charge in [-0.05, 0) is 54.6 Å². The van der Waals surface area contributed by atoms with Gasteiger partial charge in [0.1, 0.15) is 11.5 Å². The molecule has 5 aromatic carbocycles. The normalized spacial score (nSPS) is 10.6. The van der Waals surface area contributed by atoms with Gasteiger partial charge in [0.15, 0.2) is 34.9 Å². The molecule has 0 radical (unpaired) electrons. The molecular weight excluding hydrogens is 600 g/mol. The summed E-state index contributed by atoms with van der Waals surface area (Å²) in [5, 5.41) is 40.3. The van der Waals surface area contributed by atoms with Crippen molar-refractivity contribution in [2.24, 2.45) is 0 Å². The lowest BCUT2D eigenvalue weighted by Crippen LogP contribution is -2.02. The average Bonchev–Trinajstić information content (AvgIpc) is 3.15. The van der Waals surface area contributed by atoms with Gasteiger partial charge in [-0.25, -0.2) is 29.9 Å². The van der Waals surface area contributed by atoms with Crippen molar-refractivity contribution in [3.63, 3.8) is 0 Å². The number of aromatic hydroxyl groups is 2. The van der Waals surface area contributed by atoms with Gasteiger partial charge < -0.3 is 10.2 Å². The zero-order valence-corrected chi connectivity index (χ0v) is 25.0. The number of phenolic OH excluding ortho intramolecular Hbond substituents is 2. The number of rotatable bonds is 6. The Bertz CT molecular complexity index is 2270. The molecular formula is C38H22N8O2. The van der Waals surface area contributed by atoms with Crippen LogP contribution >= 0.6 is 0 Å². The molecule has 226 valence electrons. The van der Waals surface area contributed by atoms with Crippen molar-refractivity contribution < 1.29 is 10.2 Å². The summed E-state index contributed by atoms with van der Waals surface area (Å²) >= 11 is 0. The number of aromatic nitrogens is 6. The van der Waals surface area contributed by atoms with Crippen molar-refractivity contribution in [2.75, 3.05) is 0 Å². The van der Waals surface area contributed by atoms with Gasteiger partial charge in [-0.1, -0.05) is 66.7 Å². The van der Waals surface area contributed by atoms with E-state index in [2.05, 4.69) is 22.1 Å². The fourth-order valence-corrected chi connectivity index (χ4v) is 5.09. The smallest absolute Gasteiger partial charge is 0.167 e. The predicted octanol–water partition coefficient (Wildman–Crippen LogP) is 7.21. The van der Waals surface area contributed by atoms with E-state index < -0.39 is 0 Å². The van der Waals surface area contributed by atoms with Crippen LogP contribution in [0.1, 0.15) is 11.1 Å². The first kappa shape index (κ1) is 29.4. The number of hydrogen-bond acceptors (Lipinski definition) is 10. The van der Waals surface area contributed by atoms with Gasteiger partial charge in [-0.15, -0.1) is 0 Å². The highest BCUT2D eigenvalue weighted by Crippen LogP contribution is 2.33. The fraction of sp³-hybridized carbons (Fsp3) is 0. The molecule has 10 nitrogen and oxygen atoms in total. The second-order valence-electron chi connectivity index (χ2n) is 10.6. The predicted molar refractivity (Wildman–Crippen MR) is 179 cm³/mol. The molecule has 10 heteroatoms. The summed E-state index contributed by atoms with van der Waals surface area (Å²) in [4.78, 5) is 28.3. The molecule has 0 aliphatic carbocycles. The molecule has 0 saturated heterocycles. The Morgan fingerprint density at radius 1 is 0.375 bits per heavy atom. The maximum absolute atomic E-state index is 10.7. The second-order valence-corrected chi connectivity index (χ2v) is 10.6. The molecule has 0 aliphatic heterocycles. The van der Waals surface area contributed by atoms with Crippen molar-refractivity contribution in [1.82, 2.24) is 29.9 Å². The van der Waals surface area contributed by atoms with Crippen LogP contribution in [-0.2, 0) is 0 Å². The van der Waals surface area contributed by atoms with Gasteiger partial charge >= 0.3 is 0 Å². The van der Waals surface area contributed by atoms with Crippen molar-refractivity contribution in [1.29, 1.82) is 10.5 Å². The number of nitrogens with zero attached hydrogens (tertiary/aromatic N) is 8. The Labute approximate surface area is 274 Å². The average molecular weight is 623 g/mol. The highest BCUT2D eigenvalue weighted by molar-refractivity contribution is 5.74. The molecule has 2 aromatic heterocycles. The summed E-state index contributed by atoms with van der Waals surface area (Å²) < 4.78 is 0. The molecule has 2 N–H and O–H groups in total. The third-order valence-electron chi connectivity index (χ3n) is 7.44. The standard InChI is InChI=1S/C38H22N8O2/c39-21-23-8-5-10-25(18-23)33-41-35(45-37(43-33)29-14-1-3-16-31(29)47)27-12-7-13-28(20-27)36-42-34(26-11-6-9-24(19-26)22-40)44-38(46-36)30-15-2-4-17-32(30)48/h1-20,47-48H. The third-order valence-corrected chi connectivity index (χ3v) is 7.44. The quantitative estimate of drug-likeness (QED) is 0.193. The molecule has 0 amide bonds. The largest absolute Gasteiger partial charge is 0.507 e. The van der Waals surface area contributed by atoms with Gasteiger partial charge in [0.2, 0.25) is 0 Å². The molecule has 0 aliphatic rings. The van der Waals surface area contributed by atoms with Gasteiger partial charge in [0.05, 0.1) is 34.4 Å². The molecule has 0 fully saturated rings. The maximum atomic E-state index is 10.7. The first-order valence-corrected chi connectivity index (χ1v) is 14.7. The van der Waals surface area contributed by atoms with Gasteiger partial charge in [0.25, 0.3) is 0 Å². The summed E-state index contributed by atoms with van der Waals surface area (Å²) in [5.41, 5.74) is 4.19. The number of benzene rings is 5. The SMILES string of the molecule is N#Cc1cccc(-c2nc(-c3cccc(-c4nc(-c5cccc(C#N)c5)nc(-c5ccccc5O)n4)c3)nc(-c3ccccc3O)n2)c1. The lowest BCUT2D eigenvalue weighted by atomic mass is 10.1. The lowest BCUT2D eigenvalue weighted by Gasteiger charge is -2.11. The van der Waals surface area contributed by atoms with Crippen LogP contribution in [0.25, 0.3) is 68.3 Å². The van der Waals surface area contributed by atoms with E-state index in [-0.39, 0.29) is 23.1 Å². The van der Waals surface area contributed by atoms with E-state index in [9.17, 15) is 20.7 Å². The van der Waals surface area contributed by atoms with E-state index >= 15 is 0 Å². The zero-order valence-electron chi connectivity index (χ0n) is 25.0. The van der Waals surface area contributed by atoms with Crippen LogP contribution in [-0.4, -0.2) is 40.1 Å². The minimum atomic E-state index is 0.00926. The van der Waals surface area contributed by atoms with Crippen LogP contribution in [0.4, 0.5) is 0 Å². The summed E-state index contributed by atoms with van der Waals surface area (Å²) in [7, 11) is 0. The van der Waals surface area contributed by atoms with Gasteiger partial charge in [-0.2, -0.15) is 10.5 Å². The molecule has 2 heterocycles. The fourth-order valence-electron chi connectivity index (χ4n) is 5.09. The maximum Gasteiger partial charge on any atom is 0.167 e. The van der Waals surface area contributed by atoms with E-state index in [4.69, 9.17) is 19.9 Å². The highest BCUT2D eigenvalue weighted by atomic mass is 16.3.